The van der Waals surface area contributed by atoms with Crippen LogP contribution in [0.15, 0.2) is 0 Å². The average molecular weight is 697 g/mol. The number of unbranched alkanes of at least 4 members (excludes halogenated alkanes) is 28. The molecule has 0 aromatic heterocycles. The first-order valence-electron chi connectivity index (χ1n) is 21.3. The van der Waals surface area contributed by atoms with Gasteiger partial charge < -0.3 is 25.2 Å². The first-order chi connectivity index (χ1) is 23.9. The van der Waals surface area contributed by atoms with Gasteiger partial charge in [-0.2, -0.15) is 0 Å². The molecule has 4 N–H and O–H groups in total. The summed E-state index contributed by atoms with van der Waals surface area (Å²) in [7, 11) is 0. The molecule has 0 aliphatic carbocycles. The number of carbonyl (C=O) groups is 2. The molecule has 1 fully saturated rings. The normalized spacial score (nSPS) is 19.1. The Morgan fingerprint density at radius 1 is 0.469 bits per heavy atom. The molecule has 0 aromatic rings. The Labute approximate surface area is 301 Å². The number of rotatable bonds is 38. The molecule has 1 aliphatic heterocycles. The van der Waals surface area contributed by atoms with Gasteiger partial charge in [0.25, 0.3) is 0 Å². The van der Waals surface area contributed by atoms with Gasteiger partial charge in [-0.3, -0.25) is 9.59 Å². The average Bonchev–Trinajstić information content (AvgIpc) is 3.45. The molecule has 290 valence electrons. The first-order valence-corrected chi connectivity index (χ1v) is 21.3. The van der Waals surface area contributed by atoms with Gasteiger partial charge >= 0.3 is 11.9 Å². The second-order valence-corrected chi connectivity index (χ2v) is 15.5. The highest BCUT2D eigenvalue weighted by Crippen LogP contribution is 2.42. The van der Waals surface area contributed by atoms with Gasteiger partial charge in [-0.15, -0.1) is 0 Å². The Balaban J connectivity index is 2.00. The van der Waals surface area contributed by atoms with Crippen LogP contribution in [-0.2, 0) is 14.3 Å². The molecule has 1 aliphatic rings. The van der Waals surface area contributed by atoms with Crippen LogP contribution >= 0.6 is 0 Å². The van der Waals surface area contributed by atoms with Crippen LogP contribution in [0.1, 0.15) is 225 Å². The van der Waals surface area contributed by atoms with Crippen LogP contribution in [0.2, 0.25) is 0 Å². The molecular formula is C42H80O7. The van der Waals surface area contributed by atoms with Crippen LogP contribution < -0.4 is 0 Å². The molecule has 1 saturated heterocycles. The van der Waals surface area contributed by atoms with Crippen molar-refractivity contribution in [3.8, 4) is 0 Å². The van der Waals surface area contributed by atoms with Crippen LogP contribution in [-0.4, -0.2) is 57.3 Å². The standard InChI is InChI=1S/C42H80O7/c43-36-39-35-38(31-27-23-19-15-11-7-3-1-4-8-12-16-20-24-28-32-40(45)46)42(37-44,49-39)34-30-26-22-18-14-10-6-2-5-9-13-17-21-25-29-33-41(47)48/h38-39,43-44H,1-37H2,(H,45,46)(H,47,48). The molecule has 1 rings (SSSR count). The predicted octanol–water partition coefficient (Wildman–Crippen LogP) is 11.5. The highest BCUT2D eigenvalue weighted by Gasteiger charge is 2.46. The molecule has 3 unspecified atom stereocenters. The Morgan fingerprint density at radius 3 is 1.08 bits per heavy atom. The number of aliphatic hydroxyl groups is 2. The summed E-state index contributed by atoms with van der Waals surface area (Å²) in [6.07, 6.45) is 40.5. The van der Waals surface area contributed by atoms with Crippen molar-refractivity contribution in [3.05, 3.63) is 0 Å². The third kappa shape index (κ3) is 26.3. The van der Waals surface area contributed by atoms with Gasteiger partial charge in [0.1, 0.15) is 0 Å². The van der Waals surface area contributed by atoms with Crippen molar-refractivity contribution in [2.75, 3.05) is 13.2 Å². The summed E-state index contributed by atoms with van der Waals surface area (Å²) < 4.78 is 6.34. The zero-order valence-electron chi connectivity index (χ0n) is 31.8. The minimum absolute atomic E-state index is 0.0570. The lowest BCUT2D eigenvalue weighted by atomic mass is 9.80. The fourth-order valence-corrected chi connectivity index (χ4v) is 7.97. The minimum atomic E-state index is -0.673. The third-order valence-electron chi connectivity index (χ3n) is 11.1. The van der Waals surface area contributed by atoms with Gasteiger partial charge in [0, 0.05) is 12.8 Å². The number of hydrogen-bond acceptors (Lipinski definition) is 5. The van der Waals surface area contributed by atoms with E-state index >= 15 is 0 Å². The third-order valence-corrected chi connectivity index (χ3v) is 11.1. The van der Waals surface area contributed by atoms with Gasteiger partial charge in [-0.1, -0.05) is 180 Å². The van der Waals surface area contributed by atoms with Gasteiger partial charge in [0.15, 0.2) is 0 Å². The number of carboxylic acids is 2. The summed E-state index contributed by atoms with van der Waals surface area (Å²) in [6.45, 7) is 0.132. The molecule has 3 atom stereocenters. The van der Waals surface area contributed by atoms with Crippen molar-refractivity contribution in [1.82, 2.24) is 0 Å². The molecule has 0 spiro atoms. The number of hydrogen-bond donors (Lipinski definition) is 4. The monoisotopic (exact) mass is 697 g/mol. The van der Waals surface area contributed by atoms with Crippen LogP contribution in [0.4, 0.5) is 0 Å². The smallest absolute Gasteiger partial charge is 0.303 e. The van der Waals surface area contributed by atoms with Crippen molar-refractivity contribution >= 4 is 11.9 Å². The molecule has 0 bridgehead atoms. The van der Waals surface area contributed by atoms with E-state index < -0.39 is 17.5 Å². The number of carboxylic acid groups (broad SMARTS) is 2. The number of aliphatic hydroxyl groups excluding tert-OH is 2. The van der Waals surface area contributed by atoms with Crippen LogP contribution in [0.25, 0.3) is 0 Å². The zero-order chi connectivity index (χ0) is 35.7. The van der Waals surface area contributed by atoms with Gasteiger partial charge in [-0.25, -0.2) is 0 Å². The zero-order valence-corrected chi connectivity index (χ0v) is 31.8. The summed E-state index contributed by atoms with van der Waals surface area (Å²) >= 11 is 0. The summed E-state index contributed by atoms with van der Waals surface area (Å²) in [5.41, 5.74) is -0.452. The van der Waals surface area contributed by atoms with E-state index in [1.807, 2.05) is 0 Å². The van der Waals surface area contributed by atoms with Crippen LogP contribution in [0, 0.1) is 5.92 Å². The second kappa shape index (κ2) is 32.7. The lowest BCUT2D eigenvalue weighted by Crippen LogP contribution is -2.40. The molecule has 1 heterocycles. The second-order valence-electron chi connectivity index (χ2n) is 15.5. The van der Waals surface area contributed by atoms with Gasteiger partial charge in [-0.05, 0) is 38.0 Å². The largest absolute Gasteiger partial charge is 0.481 e. The topological polar surface area (TPSA) is 124 Å². The Kier molecular flexibility index (Phi) is 30.6. The van der Waals surface area contributed by atoms with E-state index in [1.54, 1.807) is 0 Å². The van der Waals surface area contributed by atoms with Gasteiger partial charge in [0.05, 0.1) is 24.9 Å². The SMILES string of the molecule is O=C(O)CCCCCCCCCCCCCCCCCC1CC(CO)OC1(CO)CCCCCCCCCCCCCCCCCC(=O)O. The fourth-order valence-electron chi connectivity index (χ4n) is 7.97. The molecule has 0 saturated carbocycles. The van der Waals surface area contributed by atoms with Crippen LogP contribution in [0.3, 0.4) is 0 Å². The molecule has 0 amide bonds. The summed E-state index contributed by atoms with van der Waals surface area (Å²) in [5.74, 6) is -0.987. The summed E-state index contributed by atoms with van der Waals surface area (Å²) in [5, 5.41) is 37.6. The Hall–Kier alpha value is -1.18. The fraction of sp³-hybridized carbons (Fsp3) is 0.952. The van der Waals surface area contributed by atoms with E-state index in [1.165, 1.54) is 161 Å². The molecule has 0 aromatic carbocycles. The predicted molar refractivity (Wildman–Crippen MR) is 202 cm³/mol. The van der Waals surface area contributed by atoms with E-state index in [2.05, 4.69) is 0 Å². The van der Waals surface area contributed by atoms with E-state index in [-0.39, 0.29) is 19.3 Å². The maximum Gasteiger partial charge on any atom is 0.303 e. The summed E-state index contributed by atoms with van der Waals surface area (Å²) in [4.78, 5) is 21.1. The van der Waals surface area contributed by atoms with Crippen molar-refractivity contribution in [1.29, 1.82) is 0 Å². The van der Waals surface area contributed by atoms with E-state index in [9.17, 15) is 19.8 Å². The van der Waals surface area contributed by atoms with E-state index in [0.717, 1.165) is 51.4 Å². The van der Waals surface area contributed by atoms with E-state index in [4.69, 9.17) is 14.9 Å². The van der Waals surface area contributed by atoms with Crippen LogP contribution in [0.5, 0.6) is 0 Å². The Morgan fingerprint density at radius 2 is 0.776 bits per heavy atom. The first kappa shape index (κ1) is 45.8. The van der Waals surface area contributed by atoms with Crippen molar-refractivity contribution in [2.24, 2.45) is 5.92 Å². The molecule has 7 heteroatoms. The maximum absolute atomic E-state index is 10.5. The lowest BCUT2D eigenvalue weighted by Gasteiger charge is -2.33. The maximum atomic E-state index is 10.5. The quantitative estimate of drug-likeness (QED) is 0.0473. The van der Waals surface area contributed by atoms with Crippen molar-refractivity contribution < 1.29 is 34.8 Å². The minimum Gasteiger partial charge on any atom is -0.481 e. The van der Waals surface area contributed by atoms with E-state index in [0.29, 0.717) is 18.8 Å². The molecular weight excluding hydrogens is 616 g/mol. The highest BCUT2D eigenvalue weighted by molar-refractivity contribution is 5.66. The Bertz CT molecular complexity index is 759. The lowest BCUT2D eigenvalue weighted by molar-refractivity contribution is -0.138. The van der Waals surface area contributed by atoms with Crippen molar-refractivity contribution in [3.63, 3.8) is 0 Å². The number of ether oxygens (including phenoxy) is 1. The number of aliphatic carboxylic acids is 2. The molecule has 49 heavy (non-hydrogen) atoms. The molecule has 0 radical (unpaired) electrons. The molecule has 7 nitrogen and oxygen atoms in total. The highest BCUT2D eigenvalue weighted by atomic mass is 16.5. The van der Waals surface area contributed by atoms with Gasteiger partial charge in [0.2, 0.25) is 0 Å². The summed E-state index contributed by atoms with van der Waals surface area (Å²) in [6, 6.07) is 0. The van der Waals surface area contributed by atoms with Crippen molar-refractivity contribution in [2.45, 2.75) is 236 Å².